The molecule has 0 bridgehead atoms. The molecule has 2 rings (SSSR count). The molecule has 1 N–H and O–H groups in total. The van der Waals surface area contributed by atoms with E-state index >= 15 is 0 Å². The van der Waals surface area contributed by atoms with Gasteiger partial charge in [0.1, 0.15) is 0 Å². The van der Waals surface area contributed by atoms with Crippen LogP contribution < -0.4 is 5.32 Å². The van der Waals surface area contributed by atoms with E-state index in [4.69, 9.17) is 4.74 Å². The molecule has 0 unspecified atom stereocenters. The number of hydrogen-bond donors (Lipinski definition) is 1. The van der Waals surface area contributed by atoms with Crippen molar-refractivity contribution in [3.05, 3.63) is 35.4 Å². The van der Waals surface area contributed by atoms with Gasteiger partial charge in [-0.25, -0.2) is 0 Å². The minimum absolute atomic E-state index is 0.141. The highest BCUT2D eigenvalue weighted by molar-refractivity contribution is 5.97. The molecule has 0 saturated heterocycles. The van der Waals surface area contributed by atoms with Gasteiger partial charge < -0.3 is 10.1 Å². The lowest BCUT2D eigenvalue weighted by Gasteiger charge is -2.15. The summed E-state index contributed by atoms with van der Waals surface area (Å²) in [5.41, 5.74) is 2.20. The summed E-state index contributed by atoms with van der Waals surface area (Å²) in [4.78, 5) is 11.8. The van der Waals surface area contributed by atoms with E-state index in [2.05, 4.69) is 11.4 Å². The Morgan fingerprint density at radius 1 is 1.47 bits per heavy atom. The van der Waals surface area contributed by atoms with Crippen molar-refractivity contribution < 1.29 is 9.53 Å². The third-order valence-electron chi connectivity index (χ3n) is 3.41. The SMILES string of the molecule is CNCC(=O)c1cccc(C2(COC)CC2)c1. The molecule has 0 aromatic heterocycles. The van der Waals surface area contributed by atoms with Crippen LogP contribution >= 0.6 is 0 Å². The van der Waals surface area contributed by atoms with Gasteiger partial charge in [0.05, 0.1) is 13.2 Å². The van der Waals surface area contributed by atoms with E-state index in [1.165, 1.54) is 5.56 Å². The van der Waals surface area contributed by atoms with E-state index in [0.29, 0.717) is 6.54 Å². The quantitative estimate of drug-likeness (QED) is 0.761. The van der Waals surface area contributed by atoms with Gasteiger partial charge in [-0.3, -0.25) is 4.79 Å². The molecule has 0 heterocycles. The molecular weight excluding hydrogens is 214 g/mol. The second-order valence-corrected chi connectivity index (χ2v) is 4.75. The van der Waals surface area contributed by atoms with Crippen molar-refractivity contribution >= 4 is 5.78 Å². The molecule has 0 amide bonds. The van der Waals surface area contributed by atoms with Crippen LogP contribution in [0.2, 0.25) is 0 Å². The van der Waals surface area contributed by atoms with Gasteiger partial charge in [0, 0.05) is 18.1 Å². The maximum Gasteiger partial charge on any atom is 0.176 e. The molecule has 0 aliphatic heterocycles. The first-order chi connectivity index (χ1) is 8.22. The molecule has 1 fully saturated rings. The van der Waals surface area contributed by atoms with Gasteiger partial charge in [0.25, 0.3) is 0 Å². The zero-order chi connectivity index (χ0) is 12.3. The molecule has 1 saturated carbocycles. The van der Waals surface area contributed by atoms with Crippen molar-refractivity contribution in [2.75, 3.05) is 27.3 Å². The molecule has 0 atom stereocenters. The van der Waals surface area contributed by atoms with Crippen molar-refractivity contribution in [1.82, 2.24) is 5.32 Å². The van der Waals surface area contributed by atoms with E-state index in [9.17, 15) is 4.79 Å². The van der Waals surface area contributed by atoms with Gasteiger partial charge in [-0.05, 0) is 31.5 Å². The van der Waals surface area contributed by atoms with Crippen LogP contribution in [0.25, 0.3) is 0 Å². The van der Waals surface area contributed by atoms with Crippen LogP contribution in [0.15, 0.2) is 24.3 Å². The van der Waals surface area contributed by atoms with E-state index in [1.54, 1.807) is 14.2 Å². The molecule has 3 heteroatoms. The maximum absolute atomic E-state index is 11.8. The summed E-state index contributed by atoms with van der Waals surface area (Å²) in [5.74, 6) is 0.141. The topological polar surface area (TPSA) is 38.3 Å². The van der Waals surface area contributed by atoms with Crippen LogP contribution in [0.5, 0.6) is 0 Å². The highest BCUT2D eigenvalue weighted by Gasteiger charge is 2.44. The summed E-state index contributed by atoms with van der Waals surface area (Å²) in [6, 6.07) is 7.97. The molecule has 1 aliphatic rings. The fourth-order valence-electron chi connectivity index (χ4n) is 2.23. The number of nitrogens with one attached hydrogen (secondary N) is 1. The summed E-state index contributed by atoms with van der Waals surface area (Å²) in [6.07, 6.45) is 2.31. The highest BCUT2D eigenvalue weighted by Crippen LogP contribution is 2.48. The van der Waals surface area contributed by atoms with Crippen LogP contribution in [-0.2, 0) is 10.2 Å². The van der Waals surface area contributed by atoms with Gasteiger partial charge in [0.15, 0.2) is 5.78 Å². The first-order valence-electron chi connectivity index (χ1n) is 5.99. The van der Waals surface area contributed by atoms with Crippen molar-refractivity contribution in [2.45, 2.75) is 18.3 Å². The number of carbonyl (C=O) groups is 1. The average molecular weight is 233 g/mol. The Kier molecular flexibility index (Phi) is 3.60. The molecule has 0 spiro atoms. The van der Waals surface area contributed by atoms with Gasteiger partial charge in [0.2, 0.25) is 0 Å². The number of hydrogen-bond acceptors (Lipinski definition) is 3. The third kappa shape index (κ3) is 2.56. The van der Waals surface area contributed by atoms with Gasteiger partial charge in [-0.1, -0.05) is 18.2 Å². The Hall–Kier alpha value is -1.19. The summed E-state index contributed by atoms with van der Waals surface area (Å²) >= 11 is 0. The molecular formula is C14H19NO2. The monoisotopic (exact) mass is 233 g/mol. The van der Waals surface area contributed by atoms with E-state index in [1.807, 2.05) is 18.2 Å². The lowest BCUT2D eigenvalue weighted by atomic mass is 9.94. The molecule has 17 heavy (non-hydrogen) atoms. The molecule has 0 radical (unpaired) electrons. The largest absolute Gasteiger partial charge is 0.384 e. The van der Waals surface area contributed by atoms with E-state index < -0.39 is 0 Å². The van der Waals surface area contributed by atoms with Crippen molar-refractivity contribution in [3.63, 3.8) is 0 Å². The van der Waals surface area contributed by atoms with Crippen LogP contribution in [0.1, 0.15) is 28.8 Å². The van der Waals surface area contributed by atoms with Crippen molar-refractivity contribution in [2.24, 2.45) is 0 Å². The minimum atomic E-state index is 0.141. The Morgan fingerprint density at radius 2 is 2.24 bits per heavy atom. The number of ketones is 1. The lowest BCUT2D eigenvalue weighted by molar-refractivity contribution is 0.0993. The smallest absolute Gasteiger partial charge is 0.176 e. The van der Waals surface area contributed by atoms with Crippen LogP contribution in [0.3, 0.4) is 0 Å². The molecule has 1 aromatic carbocycles. The van der Waals surface area contributed by atoms with Crippen LogP contribution in [0.4, 0.5) is 0 Å². The number of methoxy groups -OCH3 is 1. The summed E-state index contributed by atoms with van der Waals surface area (Å²) in [5, 5.41) is 2.89. The van der Waals surface area contributed by atoms with Crippen LogP contribution in [-0.4, -0.2) is 33.1 Å². The number of benzene rings is 1. The third-order valence-corrected chi connectivity index (χ3v) is 3.41. The normalized spacial score (nSPS) is 16.8. The first kappa shape index (κ1) is 12.3. The Bertz CT molecular complexity index is 410. The maximum atomic E-state index is 11.8. The second-order valence-electron chi connectivity index (χ2n) is 4.75. The zero-order valence-electron chi connectivity index (χ0n) is 10.5. The number of Topliss-reactive ketones (excluding diaryl/α,β-unsaturated/α-hetero) is 1. The number of likely N-dealkylation sites (N-methyl/N-ethyl adjacent to an activating group) is 1. The number of carbonyl (C=O) groups excluding carboxylic acids is 1. The summed E-state index contributed by atoms with van der Waals surface area (Å²) in [6.45, 7) is 1.14. The van der Waals surface area contributed by atoms with Gasteiger partial charge in [-0.15, -0.1) is 0 Å². The zero-order valence-corrected chi connectivity index (χ0v) is 10.5. The predicted molar refractivity (Wildman–Crippen MR) is 67.5 cm³/mol. The number of rotatable bonds is 6. The lowest BCUT2D eigenvalue weighted by Crippen LogP contribution is -2.20. The summed E-state index contributed by atoms with van der Waals surface area (Å²) in [7, 11) is 3.52. The fourth-order valence-corrected chi connectivity index (χ4v) is 2.23. The second kappa shape index (κ2) is 4.98. The molecule has 1 aliphatic carbocycles. The van der Waals surface area contributed by atoms with E-state index in [0.717, 1.165) is 25.0 Å². The predicted octanol–water partition coefficient (Wildman–Crippen LogP) is 1.77. The van der Waals surface area contributed by atoms with Crippen molar-refractivity contribution in [3.8, 4) is 0 Å². The average Bonchev–Trinajstić information content (AvgIpc) is 3.11. The van der Waals surface area contributed by atoms with Crippen molar-refractivity contribution in [1.29, 1.82) is 0 Å². The Labute approximate surface area is 102 Å². The van der Waals surface area contributed by atoms with Crippen LogP contribution in [0, 0.1) is 0 Å². The molecule has 92 valence electrons. The fraction of sp³-hybridized carbons (Fsp3) is 0.500. The molecule has 1 aromatic rings. The van der Waals surface area contributed by atoms with Gasteiger partial charge >= 0.3 is 0 Å². The standard InChI is InChI=1S/C14H19NO2/c1-15-9-13(16)11-4-3-5-12(8-11)14(6-7-14)10-17-2/h3-5,8,15H,6-7,9-10H2,1-2H3. The highest BCUT2D eigenvalue weighted by atomic mass is 16.5. The van der Waals surface area contributed by atoms with E-state index in [-0.39, 0.29) is 11.2 Å². The Balaban J connectivity index is 2.20. The minimum Gasteiger partial charge on any atom is -0.384 e. The van der Waals surface area contributed by atoms with Gasteiger partial charge in [-0.2, -0.15) is 0 Å². The Morgan fingerprint density at radius 3 is 2.82 bits per heavy atom. The number of ether oxygens (including phenoxy) is 1. The first-order valence-corrected chi connectivity index (χ1v) is 5.99. The summed E-state index contributed by atoms with van der Waals surface area (Å²) < 4.78 is 5.27. The molecule has 3 nitrogen and oxygen atoms in total.